The molecule has 0 unspecified atom stereocenters. The van der Waals surface area contributed by atoms with Crippen molar-refractivity contribution in [2.75, 3.05) is 0 Å². The maximum absolute atomic E-state index is 6.45. The van der Waals surface area contributed by atoms with Crippen LogP contribution in [-0.2, 0) is 0 Å². The van der Waals surface area contributed by atoms with Crippen LogP contribution in [0.15, 0.2) is 144 Å². The molecule has 2 heterocycles. The summed E-state index contributed by atoms with van der Waals surface area (Å²) in [6, 6.07) is 48.1. The first-order chi connectivity index (χ1) is 21.3. The van der Waals surface area contributed by atoms with E-state index in [0.717, 1.165) is 38.6 Å². The molecule has 0 bridgehead atoms. The lowest BCUT2D eigenvalue weighted by atomic mass is 9.93. The van der Waals surface area contributed by atoms with Gasteiger partial charge in [0.2, 0.25) is 0 Å². The fraction of sp³-hybridized carbons (Fsp3) is 0. The summed E-state index contributed by atoms with van der Waals surface area (Å²) < 4.78 is 6.45. The van der Waals surface area contributed by atoms with Crippen LogP contribution in [0.2, 0.25) is 0 Å². The number of aromatic nitrogens is 3. The molecule has 0 aliphatic rings. The Bertz CT molecular complexity index is 2440. The van der Waals surface area contributed by atoms with Gasteiger partial charge in [0.1, 0.15) is 11.2 Å². The predicted octanol–water partition coefficient (Wildman–Crippen LogP) is 10.2. The van der Waals surface area contributed by atoms with E-state index in [1.165, 1.54) is 32.3 Å². The van der Waals surface area contributed by atoms with Gasteiger partial charge in [-0.3, -0.25) is 0 Å². The van der Waals surface area contributed by atoms with Crippen LogP contribution >= 0.6 is 0 Å². The second-order valence-electron chi connectivity index (χ2n) is 10.8. The molecule has 0 amide bonds. The number of hydrogen-bond acceptors (Lipinski definition) is 4. The van der Waals surface area contributed by atoms with Gasteiger partial charge in [0.05, 0.1) is 0 Å². The summed E-state index contributed by atoms with van der Waals surface area (Å²) in [7, 11) is 0. The molecule has 0 fully saturated rings. The molecule has 9 rings (SSSR count). The largest absolute Gasteiger partial charge is 0.456 e. The zero-order chi connectivity index (χ0) is 28.3. The Morgan fingerprint density at radius 3 is 1.30 bits per heavy atom. The molecule has 0 aliphatic carbocycles. The molecule has 0 saturated carbocycles. The molecule has 0 saturated heterocycles. The molecule has 43 heavy (non-hydrogen) atoms. The summed E-state index contributed by atoms with van der Waals surface area (Å²) >= 11 is 0. The molecule has 0 radical (unpaired) electrons. The molecule has 0 spiro atoms. The molecule has 9 aromatic rings. The molecule has 0 atom stereocenters. The number of benzene rings is 7. The minimum atomic E-state index is 0.626. The van der Waals surface area contributed by atoms with Gasteiger partial charge in [0.25, 0.3) is 0 Å². The number of rotatable bonds is 3. The zero-order valence-corrected chi connectivity index (χ0v) is 23.0. The van der Waals surface area contributed by atoms with Crippen molar-refractivity contribution in [3.63, 3.8) is 0 Å². The van der Waals surface area contributed by atoms with Crippen molar-refractivity contribution in [3.8, 4) is 34.2 Å². The molecular weight excluding hydrogens is 526 g/mol. The highest BCUT2D eigenvalue weighted by molar-refractivity contribution is 6.28. The SMILES string of the molecule is c1ccc(-c2nc(-c3ccccc3)nc(-c3ccc4oc5cc6c7ccccc7c7ccccc7c6cc5c4c3)n2)cc1. The standard InChI is InChI=1S/C39H23N3O/c1-3-11-24(12-4-1)37-40-38(25-13-5-2-6-14-25)42-39(41-37)26-19-20-35-33(21-26)34-22-31-29-17-9-7-15-27(29)28-16-8-10-18-30(28)32(31)23-36(34)43-35/h1-23H. The fourth-order valence-corrected chi connectivity index (χ4v) is 6.25. The first-order valence-corrected chi connectivity index (χ1v) is 14.4. The number of fused-ring (bicyclic) bond motifs is 9. The number of hydrogen-bond donors (Lipinski definition) is 0. The van der Waals surface area contributed by atoms with Crippen LogP contribution in [0.4, 0.5) is 0 Å². The van der Waals surface area contributed by atoms with Gasteiger partial charge in [-0.05, 0) is 62.6 Å². The average Bonchev–Trinajstić information content (AvgIpc) is 3.45. The lowest BCUT2D eigenvalue weighted by Crippen LogP contribution is -2.00. The van der Waals surface area contributed by atoms with Crippen LogP contribution in [-0.4, -0.2) is 15.0 Å². The molecule has 7 aromatic carbocycles. The highest BCUT2D eigenvalue weighted by Crippen LogP contribution is 2.40. The van der Waals surface area contributed by atoms with Crippen molar-refractivity contribution in [2.45, 2.75) is 0 Å². The van der Waals surface area contributed by atoms with Crippen LogP contribution in [0.1, 0.15) is 0 Å². The Morgan fingerprint density at radius 2 is 0.744 bits per heavy atom. The minimum Gasteiger partial charge on any atom is -0.456 e. The smallest absolute Gasteiger partial charge is 0.164 e. The molecule has 2 aromatic heterocycles. The lowest BCUT2D eigenvalue weighted by molar-refractivity contribution is 0.669. The van der Waals surface area contributed by atoms with Crippen LogP contribution in [0, 0.1) is 0 Å². The van der Waals surface area contributed by atoms with Crippen LogP contribution < -0.4 is 0 Å². The minimum absolute atomic E-state index is 0.626. The first-order valence-electron chi connectivity index (χ1n) is 14.4. The van der Waals surface area contributed by atoms with E-state index in [-0.39, 0.29) is 0 Å². The van der Waals surface area contributed by atoms with Crippen molar-refractivity contribution in [2.24, 2.45) is 0 Å². The number of furan rings is 1. The van der Waals surface area contributed by atoms with E-state index >= 15 is 0 Å². The average molecular weight is 550 g/mol. The van der Waals surface area contributed by atoms with Gasteiger partial charge < -0.3 is 4.42 Å². The quantitative estimate of drug-likeness (QED) is 0.206. The van der Waals surface area contributed by atoms with Crippen LogP contribution in [0.3, 0.4) is 0 Å². The van der Waals surface area contributed by atoms with Gasteiger partial charge in [-0.2, -0.15) is 0 Å². The Hall–Kier alpha value is -5.87. The first kappa shape index (κ1) is 23.8. The maximum atomic E-state index is 6.45. The summed E-state index contributed by atoms with van der Waals surface area (Å²) in [5.41, 5.74) is 4.51. The lowest BCUT2D eigenvalue weighted by Gasteiger charge is -2.10. The molecular formula is C39H23N3O. The molecule has 4 nitrogen and oxygen atoms in total. The van der Waals surface area contributed by atoms with E-state index in [1.807, 2.05) is 72.8 Å². The summed E-state index contributed by atoms with van der Waals surface area (Å²) in [6.45, 7) is 0. The number of nitrogens with zero attached hydrogens (tertiary/aromatic N) is 3. The van der Waals surface area contributed by atoms with Crippen LogP contribution in [0.5, 0.6) is 0 Å². The third-order valence-electron chi connectivity index (χ3n) is 8.29. The molecule has 200 valence electrons. The highest BCUT2D eigenvalue weighted by atomic mass is 16.3. The van der Waals surface area contributed by atoms with Gasteiger partial charge in [0.15, 0.2) is 17.5 Å². The third-order valence-corrected chi connectivity index (χ3v) is 8.29. The van der Waals surface area contributed by atoms with E-state index in [0.29, 0.717) is 17.5 Å². The Kier molecular flexibility index (Phi) is 5.16. The normalized spacial score (nSPS) is 11.7. The van der Waals surface area contributed by atoms with Gasteiger partial charge in [-0.15, -0.1) is 0 Å². The van der Waals surface area contributed by atoms with Crippen molar-refractivity contribution < 1.29 is 4.42 Å². The van der Waals surface area contributed by atoms with Crippen LogP contribution in [0.25, 0.3) is 88.4 Å². The van der Waals surface area contributed by atoms with Gasteiger partial charge in [0, 0.05) is 27.5 Å². The summed E-state index contributed by atoms with van der Waals surface area (Å²) in [5, 5.41) is 9.49. The second-order valence-corrected chi connectivity index (χ2v) is 10.8. The van der Waals surface area contributed by atoms with Crippen molar-refractivity contribution in [3.05, 3.63) is 140 Å². The zero-order valence-electron chi connectivity index (χ0n) is 23.0. The van der Waals surface area contributed by atoms with Gasteiger partial charge in [-0.1, -0.05) is 109 Å². The van der Waals surface area contributed by atoms with Gasteiger partial charge >= 0.3 is 0 Å². The van der Waals surface area contributed by atoms with Crippen molar-refractivity contribution >= 4 is 54.3 Å². The van der Waals surface area contributed by atoms with E-state index < -0.39 is 0 Å². The summed E-state index contributed by atoms with van der Waals surface area (Å²) in [4.78, 5) is 14.7. The fourth-order valence-electron chi connectivity index (χ4n) is 6.25. The van der Waals surface area contributed by atoms with E-state index in [9.17, 15) is 0 Å². The van der Waals surface area contributed by atoms with E-state index in [2.05, 4.69) is 66.7 Å². The monoisotopic (exact) mass is 549 g/mol. The van der Waals surface area contributed by atoms with E-state index in [4.69, 9.17) is 19.4 Å². The molecule has 0 aliphatic heterocycles. The Morgan fingerprint density at radius 1 is 0.302 bits per heavy atom. The summed E-state index contributed by atoms with van der Waals surface area (Å²) in [5.74, 6) is 1.91. The third kappa shape index (κ3) is 3.81. The Balaban J connectivity index is 1.29. The molecule has 4 heteroatoms. The highest BCUT2D eigenvalue weighted by Gasteiger charge is 2.16. The molecule has 0 N–H and O–H groups in total. The predicted molar refractivity (Wildman–Crippen MR) is 176 cm³/mol. The Labute approximate surface area is 246 Å². The second kappa shape index (κ2) is 9.33. The van der Waals surface area contributed by atoms with Crippen molar-refractivity contribution in [1.29, 1.82) is 0 Å². The van der Waals surface area contributed by atoms with Crippen molar-refractivity contribution in [1.82, 2.24) is 15.0 Å². The maximum Gasteiger partial charge on any atom is 0.164 e. The topological polar surface area (TPSA) is 51.8 Å². The van der Waals surface area contributed by atoms with Gasteiger partial charge in [-0.25, -0.2) is 15.0 Å². The van der Waals surface area contributed by atoms with E-state index in [1.54, 1.807) is 0 Å². The summed E-state index contributed by atoms with van der Waals surface area (Å²) in [6.07, 6.45) is 0.